The van der Waals surface area contributed by atoms with Crippen molar-refractivity contribution in [1.29, 1.82) is 0 Å². The normalized spacial score (nSPS) is 17.3. The first kappa shape index (κ1) is 20.2. The number of esters is 1. The van der Waals surface area contributed by atoms with Gasteiger partial charge in [-0.1, -0.05) is 34.1 Å². The number of sulfone groups is 1. The molecule has 1 atom stereocenters. The maximum atomic E-state index is 13.8. The van der Waals surface area contributed by atoms with E-state index in [4.69, 9.17) is 4.74 Å². The van der Waals surface area contributed by atoms with Gasteiger partial charge >= 0.3 is 5.97 Å². The lowest BCUT2D eigenvalue weighted by Gasteiger charge is -2.27. The summed E-state index contributed by atoms with van der Waals surface area (Å²) in [5, 5.41) is 1.06. The van der Waals surface area contributed by atoms with Gasteiger partial charge in [-0.3, -0.25) is 4.79 Å². The fourth-order valence-corrected chi connectivity index (χ4v) is 4.39. The number of ether oxygens (including phenoxy) is 1. The molecule has 0 N–H and O–H groups in total. The van der Waals surface area contributed by atoms with Crippen LogP contribution < -0.4 is 4.90 Å². The maximum Gasteiger partial charge on any atom is 0.341 e. The summed E-state index contributed by atoms with van der Waals surface area (Å²) in [6.45, 7) is -0.663. The van der Waals surface area contributed by atoms with Crippen LogP contribution in [0.25, 0.3) is 0 Å². The van der Waals surface area contributed by atoms with Gasteiger partial charge in [-0.05, 0) is 36.4 Å². The number of hydrogen-bond acceptors (Lipinski definition) is 5. The van der Waals surface area contributed by atoms with Crippen LogP contribution in [0.3, 0.4) is 0 Å². The summed E-state index contributed by atoms with van der Waals surface area (Å²) in [4.78, 5) is 26.1. The lowest BCUT2D eigenvalue weighted by Crippen LogP contribution is -2.43. The minimum absolute atomic E-state index is 0.262. The zero-order chi connectivity index (χ0) is 20.3. The number of rotatable bonds is 5. The summed E-state index contributed by atoms with van der Waals surface area (Å²) in [7, 11) is -3.40. The second-order valence-electron chi connectivity index (χ2n) is 6.02. The summed E-state index contributed by atoms with van der Waals surface area (Å²) in [5.41, 5.74) is 0.153. The third-order valence-corrected chi connectivity index (χ3v) is 5.89. The third-order valence-electron chi connectivity index (χ3n) is 4.02. The number of halogens is 2. The summed E-state index contributed by atoms with van der Waals surface area (Å²) < 4.78 is 42.8. The van der Waals surface area contributed by atoms with Crippen LogP contribution in [0.15, 0.2) is 64.5 Å². The smallest absolute Gasteiger partial charge is 0.341 e. The van der Waals surface area contributed by atoms with Crippen molar-refractivity contribution < 1.29 is 27.1 Å². The Bertz CT molecular complexity index is 1040. The van der Waals surface area contributed by atoms with E-state index in [1.807, 2.05) is 0 Å². The molecule has 0 radical (unpaired) electrons. The van der Waals surface area contributed by atoms with Crippen molar-refractivity contribution in [3.63, 3.8) is 0 Å². The molecule has 0 spiro atoms. The Labute approximate surface area is 169 Å². The molecule has 2 aromatic carbocycles. The molecule has 0 aliphatic carbocycles. The largest absolute Gasteiger partial charge is 0.452 e. The zero-order valence-corrected chi connectivity index (χ0v) is 16.8. The molecule has 1 aliphatic heterocycles. The van der Waals surface area contributed by atoms with E-state index in [-0.39, 0.29) is 11.3 Å². The Morgan fingerprint density at radius 2 is 1.89 bits per heavy atom. The van der Waals surface area contributed by atoms with Crippen LogP contribution in [0.1, 0.15) is 10.4 Å². The molecule has 0 bridgehead atoms. The maximum absolute atomic E-state index is 13.8. The van der Waals surface area contributed by atoms with Crippen LogP contribution in [0.2, 0.25) is 0 Å². The molecule has 0 saturated heterocycles. The molecule has 0 fully saturated rings. The molecule has 1 amide bonds. The predicted octanol–water partition coefficient (Wildman–Crippen LogP) is 3.09. The van der Waals surface area contributed by atoms with E-state index >= 15 is 0 Å². The molecule has 1 unspecified atom stereocenters. The standard InChI is InChI=1S/C19H15BrFNO5S/c20-13-6-7-17(21)16(10-13)19(24)27-11-18(23)22(14-4-2-1-3-5-14)15-8-9-28(25,26)12-15/h1-10,15H,11-12H2. The van der Waals surface area contributed by atoms with Gasteiger partial charge in [0.05, 0.1) is 17.4 Å². The molecular weight excluding hydrogens is 453 g/mol. The second-order valence-corrected chi connectivity index (χ2v) is 8.87. The number of nitrogens with zero attached hydrogens (tertiary/aromatic N) is 1. The van der Waals surface area contributed by atoms with E-state index in [0.29, 0.717) is 10.2 Å². The van der Waals surface area contributed by atoms with Gasteiger partial charge in [-0.2, -0.15) is 0 Å². The van der Waals surface area contributed by atoms with Gasteiger partial charge in [0.25, 0.3) is 5.91 Å². The Morgan fingerprint density at radius 3 is 2.54 bits per heavy atom. The van der Waals surface area contributed by atoms with Crippen molar-refractivity contribution >= 4 is 43.3 Å². The molecule has 1 heterocycles. The van der Waals surface area contributed by atoms with Crippen molar-refractivity contribution in [3.05, 3.63) is 75.9 Å². The SMILES string of the molecule is O=C(OCC(=O)N(c1ccccc1)C1C=CS(=O)(=O)C1)c1cc(Br)ccc1F. The van der Waals surface area contributed by atoms with Gasteiger partial charge in [-0.25, -0.2) is 17.6 Å². The Kier molecular flexibility index (Phi) is 5.95. The molecule has 2 aromatic rings. The average molecular weight is 468 g/mol. The zero-order valence-electron chi connectivity index (χ0n) is 14.4. The third kappa shape index (κ3) is 4.66. The molecular formula is C19H15BrFNO5S. The molecule has 1 aliphatic rings. The van der Waals surface area contributed by atoms with Gasteiger partial charge in [0.1, 0.15) is 5.82 Å². The molecule has 6 nitrogen and oxygen atoms in total. The van der Waals surface area contributed by atoms with Gasteiger partial charge < -0.3 is 9.64 Å². The molecule has 3 rings (SSSR count). The monoisotopic (exact) mass is 467 g/mol. The van der Waals surface area contributed by atoms with Gasteiger partial charge in [0.2, 0.25) is 0 Å². The summed E-state index contributed by atoms with van der Waals surface area (Å²) in [6.07, 6.45) is 1.41. The molecule has 28 heavy (non-hydrogen) atoms. The summed E-state index contributed by atoms with van der Waals surface area (Å²) in [6, 6.07) is 11.5. The molecule has 9 heteroatoms. The van der Waals surface area contributed by atoms with E-state index < -0.39 is 40.2 Å². The minimum Gasteiger partial charge on any atom is -0.452 e. The summed E-state index contributed by atoms with van der Waals surface area (Å²) >= 11 is 3.14. The number of para-hydroxylation sites is 1. The van der Waals surface area contributed by atoms with Crippen LogP contribution >= 0.6 is 15.9 Å². The van der Waals surface area contributed by atoms with E-state index in [1.165, 1.54) is 23.1 Å². The van der Waals surface area contributed by atoms with Gasteiger partial charge in [0, 0.05) is 15.6 Å². The predicted molar refractivity (Wildman–Crippen MR) is 105 cm³/mol. The summed E-state index contributed by atoms with van der Waals surface area (Å²) in [5.74, 6) is -2.65. The first-order valence-electron chi connectivity index (χ1n) is 8.17. The Balaban J connectivity index is 1.78. The van der Waals surface area contributed by atoms with Crippen molar-refractivity contribution in [2.75, 3.05) is 17.3 Å². The van der Waals surface area contributed by atoms with Crippen molar-refractivity contribution in [1.82, 2.24) is 0 Å². The lowest BCUT2D eigenvalue weighted by molar-refractivity contribution is -0.121. The van der Waals surface area contributed by atoms with E-state index in [1.54, 1.807) is 30.3 Å². The average Bonchev–Trinajstić information content (AvgIpc) is 3.02. The number of anilines is 1. The van der Waals surface area contributed by atoms with Crippen molar-refractivity contribution in [3.8, 4) is 0 Å². The van der Waals surface area contributed by atoms with Crippen molar-refractivity contribution in [2.24, 2.45) is 0 Å². The highest BCUT2D eigenvalue weighted by molar-refractivity contribution is 9.10. The fraction of sp³-hybridized carbons (Fsp3) is 0.158. The van der Waals surface area contributed by atoms with Gasteiger partial charge in [-0.15, -0.1) is 0 Å². The molecule has 0 aromatic heterocycles. The van der Waals surface area contributed by atoms with E-state index in [0.717, 1.165) is 11.5 Å². The molecule has 146 valence electrons. The number of hydrogen-bond donors (Lipinski definition) is 0. The number of carbonyl (C=O) groups excluding carboxylic acids is 2. The van der Waals surface area contributed by atoms with Gasteiger partial charge in [0.15, 0.2) is 16.4 Å². The highest BCUT2D eigenvalue weighted by Gasteiger charge is 2.32. The number of carbonyl (C=O) groups is 2. The highest BCUT2D eigenvalue weighted by Crippen LogP contribution is 2.23. The van der Waals surface area contributed by atoms with Crippen molar-refractivity contribution in [2.45, 2.75) is 6.04 Å². The van der Waals surface area contributed by atoms with E-state index in [2.05, 4.69) is 15.9 Å². The highest BCUT2D eigenvalue weighted by atomic mass is 79.9. The van der Waals surface area contributed by atoms with E-state index in [9.17, 15) is 22.4 Å². The molecule has 0 saturated carbocycles. The minimum atomic E-state index is -3.40. The van der Waals surface area contributed by atoms with Crippen LogP contribution in [0.5, 0.6) is 0 Å². The number of amides is 1. The second kappa shape index (κ2) is 8.24. The van der Waals surface area contributed by atoms with Crippen LogP contribution in [-0.2, 0) is 19.4 Å². The van der Waals surface area contributed by atoms with Crippen LogP contribution in [-0.4, -0.2) is 38.7 Å². The Morgan fingerprint density at radius 1 is 1.18 bits per heavy atom. The fourth-order valence-electron chi connectivity index (χ4n) is 2.76. The number of benzene rings is 2. The quantitative estimate of drug-likeness (QED) is 0.631. The first-order chi connectivity index (χ1) is 13.3. The Hall–Kier alpha value is -2.52. The van der Waals surface area contributed by atoms with Crippen LogP contribution in [0, 0.1) is 5.82 Å². The van der Waals surface area contributed by atoms with Crippen LogP contribution in [0.4, 0.5) is 10.1 Å². The topological polar surface area (TPSA) is 80.8 Å². The lowest BCUT2D eigenvalue weighted by atomic mass is 10.2. The first-order valence-corrected chi connectivity index (χ1v) is 10.7.